The van der Waals surface area contributed by atoms with Crippen LogP contribution in [0.3, 0.4) is 0 Å². The third-order valence-electron chi connectivity index (χ3n) is 2.20. The summed E-state index contributed by atoms with van der Waals surface area (Å²) in [7, 11) is 0. The number of carbonyl (C=O) groups excluding carboxylic acids is 1. The van der Waals surface area contributed by atoms with Crippen molar-refractivity contribution in [2.24, 2.45) is 0 Å². The standard InChI is InChI=1S/C12H15ClOS/c1-15-11-7-5-10(6-8-11)12(14)4-2-3-9-13/h5-8H,2-4,9H2,1H3. The van der Waals surface area contributed by atoms with E-state index in [4.69, 9.17) is 11.6 Å². The van der Waals surface area contributed by atoms with Crippen molar-refractivity contribution in [2.75, 3.05) is 12.1 Å². The molecule has 1 aromatic carbocycles. The number of carbonyl (C=O) groups is 1. The maximum absolute atomic E-state index is 11.7. The largest absolute Gasteiger partial charge is 0.294 e. The van der Waals surface area contributed by atoms with Gasteiger partial charge < -0.3 is 0 Å². The van der Waals surface area contributed by atoms with Gasteiger partial charge in [0, 0.05) is 22.8 Å². The lowest BCUT2D eigenvalue weighted by Gasteiger charge is -2.01. The van der Waals surface area contributed by atoms with E-state index in [2.05, 4.69) is 0 Å². The lowest BCUT2D eigenvalue weighted by molar-refractivity contribution is 0.0980. The van der Waals surface area contributed by atoms with Crippen molar-refractivity contribution in [2.45, 2.75) is 24.2 Å². The Morgan fingerprint density at radius 1 is 1.27 bits per heavy atom. The molecule has 0 aliphatic heterocycles. The first kappa shape index (κ1) is 12.6. The van der Waals surface area contributed by atoms with Gasteiger partial charge in [0.05, 0.1) is 0 Å². The van der Waals surface area contributed by atoms with Crippen molar-refractivity contribution in [3.63, 3.8) is 0 Å². The predicted molar refractivity (Wildman–Crippen MR) is 67.1 cm³/mol. The highest BCUT2D eigenvalue weighted by molar-refractivity contribution is 7.98. The van der Waals surface area contributed by atoms with E-state index in [9.17, 15) is 4.79 Å². The molecule has 0 amide bonds. The molecule has 0 aromatic heterocycles. The second-order valence-electron chi connectivity index (χ2n) is 3.30. The first-order valence-electron chi connectivity index (χ1n) is 5.01. The third-order valence-corrected chi connectivity index (χ3v) is 3.21. The average molecular weight is 243 g/mol. The molecule has 0 aliphatic rings. The van der Waals surface area contributed by atoms with Crippen molar-refractivity contribution in [3.05, 3.63) is 29.8 Å². The maximum Gasteiger partial charge on any atom is 0.162 e. The third kappa shape index (κ3) is 4.27. The molecule has 0 atom stereocenters. The smallest absolute Gasteiger partial charge is 0.162 e. The first-order valence-corrected chi connectivity index (χ1v) is 6.77. The molecule has 0 fully saturated rings. The van der Waals surface area contributed by atoms with Crippen LogP contribution in [0.5, 0.6) is 0 Å². The number of alkyl halides is 1. The molecule has 0 radical (unpaired) electrons. The van der Waals surface area contributed by atoms with E-state index >= 15 is 0 Å². The molecule has 0 unspecified atom stereocenters. The molecule has 0 N–H and O–H groups in total. The van der Waals surface area contributed by atoms with E-state index in [0.717, 1.165) is 18.4 Å². The van der Waals surface area contributed by atoms with Crippen LogP contribution in [0.15, 0.2) is 29.2 Å². The van der Waals surface area contributed by atoms with Gasteiger partial charge in [0.15, 0.2) is 5.78 Å². The van der Waals surface area contributed by atoms with Gasteiger partial charge in [0.25, 0.3) is 0 Å². The Kier molecular flexibility index (Phi) is 5.81. The predicted octanol–water partition coefficient (Wildman–Crippen LogP) is 4.00. The van der Waals surface area contributed by atoms with Gasteiger partial charge in [-0.2, -0.15) is 0 Å². The summed E-state index contributed by atoms with van der Waals surface area (Å²) in [6.07, 6.45) is 4.42. The van der Waals surface area contributed by atoms with Gasteiger partial charge in [0.1, 0.15) is 0 Å². The fourth-order valence-corrected chi connectivity index (χ4v) is 1.90. The normalized spacial score (nSPS) is 10.3. The molecule has 3 heteroatoms. The van der Waals surface area contributed by atoms with Crippen LogP contribution in [-0.2, 0) is 0 Å². The number of hydrogen-bond acceptors (Lipinski definition) is 2. The van der Waals surface area contributed by atoms with Crippen LogP contribution in [0.2, 0.25) is 0 Å². The summed E-state index contributed by atoms with van der Waals surface area (Å²) in [6, 6.07) is 7.77. The molecular formula is C12H15ClOS. The van der Waals surface area contributed by atoms with Gasteiger partial charge in [-0.05, 0) is 31.2 Å². The number of halogens is 1. The lowest BCUT2D eigenvalue weighted by Crippen LogP contribution is -1.98. The van der Waals surface area contributed by atoms with Crippen molar-refractivity contribution in [1.29, 1.82) is 0 Å². The number of Topliss-reactive ketones (excluding diaryl/α,β-unsaturated/α-hetero) is 1. The summed E-state index contributed by atoms with van der Waals surface area (Å²) in [5, 5.41) is 0. The van der Waals surface area contributed by atoms with E-state index in [1.54, 1.807) is 11.8 Å². The number of rotatable bonds is 6. The van der Waals surface area contributed by atoms with E-state index in [0.29, 0.717) is 12.3 Å². The minimum atomic E-state index is 0.216. The SMILES string of the molecule is CSc1ccc(C(=O)CCCCCl)cc1. The summed E-state index contributed by atoms with van der Waals surface area (Å²) in [6.45, 7) is 0. The van der Waals surface area contributed by atoms with Crippen LogP contribution in [0.4, 0.5) is 0 Å². The monoisotopic (exact) mass is 242 g/mol. The van der Waals surface area contributed by atoms with Crippen LogP contribution < -0.4 is 0 Å². The summed E-state index contributed by atoms with van der Waals surface area (Å²) in [4.78, 5) is 12.9. The Morgan fingerprint density at radius 3 is 2.47 bits per heavy atom. The number of unbranched alkanes of at least 4 members (excludes halogenated alkanes) is 1. The summed E-state index contributed by atoms with van der Waals surface area (Å²) in [5.41, 5.74) is 0.808. The minimum absolute atomic E-state index is 0.216. The summed E-state index contributed by atoms with van der Waals surface area (Å²) < 4.78 is 0. The van der Waals surface area contributed by atoms with Gasteiger partial charge in [-0.1, -0.05) is 12.1 Å². The summed E-state index contributed by atoms with van der Waals surface area (Å²) in [5.74, 6) is 0.853. The van der Waals surface area contributed by atoms with Gasteiger partial charge >= 0.3 is 0 Å². The zero-order chi connectivity index (χ0) is 11.1. The summed E-state index contributed by atoms with van der Waals surface area (Å²) >= 11 is 7.24. The van der Waals surface area contributed by atoms with Crippen LogP contribution in [0.1, 0.15) is 29.6 Å². The molecule has 0 saturated heterocycles. The minimum Gasteiger partial charge on any atom is -0.294 e. The zero-order valence-electron chi connectivity index (χ0n) is 8.83. The van der Waals surface area contributed by atoms with Gasteiger partial charge in [0.2, 0.25) is 0 Å². The van der Waals surface area contributed by atoms with Gasteiger partial charge in [-0.25, -0.2) is 0 Å². The van der Waals surface area contributed by atoms with E-state index in [1.807, 2.05) is 30.5 Å². The molecule has 0 aliphatic carbocycles. The highest BCUT2D eigenvalue weighted by Gasteiger charge is 2.04. The molecule has 0 heterocycles. The topological polar surface area (TPSA) is 17.1 Å². The second kappa shape index (κ2) is 6.91. The lowest BCUT2D eigenvalue weighted by atomic mass is 10.1. The number of benzene rings is 1. The van der Waals surface area contributed by atoms with E-state index in [1.165, 1.54) is 4.90 Å². The van der Waals surface area contributed by atoms with Crippen LogP contribution in [-0.4, -0.2) is 17.9 Å². The Morgan fingerprint density at radius 2 is 1.93 bits per heavy atom. The highest BCUT2D eigenvalue weighted by atomic mass is 35.5. The van der Waals surface area contributed by atoms with Crippen molar-refractivity contribution in [3.8, 4) is 0 Å². The molecule has 0 saturated carbocycles. The Bertz CT molecular complexity index is 308. The fourth-order valence-electron chi connectivity index (χ4n) is 1.30. The van der Waals surface area contributed by atoms with Gasteiger partial charge in [-0.3, -0.25) is 4.79 Å². The number of hydrogen-bond donors (Lipinski definition) is 0. The molecule has 15 heavy (non-hydrogen) atoms. The van der Waals surface area contributed by atoms with Gasteiger partial charge in [-0.15, -0.1) is 23.4 Å². The fraction of sp³-hybridized carbons (Fsp3) is 0.417. The molecule has 0 spiro atoms. The van der Waals surface area contributed by atoms with Crippen LogP contribution in [0.25, 0.3) is 0 Å². The average Bonchev–Trinajstić information content (AvgIpc) is 2.29. The molecular weight excluding hydrogens is 228 g/mol. The highest BCUT2D eigenvalue weighted by Crippen LogP contribution is 2.16. The zero-order valence-corrected chi connectivity index (χ0v) is 10.4. The Hall–Kier alpha value is -0.470. The number of thioether (sulfide) groups is 1. The van der Waals surface area contributed by atoms with E-state index < -0.39 is 0 Å². The van der Waals surface area contributed by atoms with E-state index in [-0.39, 0.29) is 5.78 Å². The maximum atomic E-state index is 11.7. The molecule has 1 nitrogen and oxygen atoms in total. The number of ketones is 1. The van der Waals surface area contributed by atoms with Crippen molar-refractivity contribution < 1.29 is 4.79 Å². The van der Waals surface area contributed by atoms with Crippen LogP contribution >= 0.6 is 23.4 Å². The molecule has 1 rings (SSSR count). The van der Waals surface area contributed by atoms with Crippen LogP contribution in [0, 0.1) is 0 Å². The second-order valence-corrected chi connectivity index (χ2v) is 4.56. The first-order chi connectivity index (χ1) is 7.27. The quantitative estimate of drug-likeness (QED) is 0.325. The van der Waals surface area contributed by atoms with Crippen molar-refractivity contribution >= 4 is 29.1 Å². The Labute approximate surface area is 100 Å². The molecule has 1 aromatic rings. The molecule has 0 bridgehead atoms. The van der Waals surface area contributed by atoms with Crippen molar-refractivity contribution in [1.82, 2.24) is 0 Å². The Balaban J connectivity index is 2.50. The molecule has 82 valence electrons.